The highest BCUT2D eigenvalue weighted by Gasteiger charge is 2.32. The Kier molecular flexibility index (Phi) is 7.62. The van der Waals surface area contributed by atoms with E-state index in [0.717, 1.165) is 77.7 Å². The summed E-state index contributed by atoms with van der Waals surface area (Å²) in [6.07, 6.45) is 4.84. The van der Waals surface area contributed by atoms with Crippen molar-refractivity contribution in [2.45, 2.75) is 45.9 Å². The van der Waals surface area contributed by atoms with E-state index in [4.69, 9.17) is 12.6 Å². The lowest BCUT2D eigenvalue weighted by atomic mass is 9.79. The van der Waals surface area contributed by atoms with Gasteiger partial charge in [0, 0.05) is 16.0 Å². The zero-order valence-electron chi connectivity index (χ0n) is 29.3. The van der Waals surface area contributed by atoms with Crippen LogP contribution < -0.4 is 0 Å². The van der Waals surface area contributed by atoms with Crippen molar-refractivity contribution >= 4 is 46.3 Å². The van der Waals surface area contributed by atoms with Crippen LogP contribution in [0.25, 0.3) is 78.2 Å². The Bertz CT molecular complexity index is 2600. The largest absolute Gasteiger partial charge is 0.507 e. The molecule has 0 saturated carbocycles. The molecule has 8 rings (SSSR count). The second-order valence-electron chi connectivity index (χ2n) is 13.7. The van der Waals surface area contributed by atoms with E-state index in [-0.39, 0.29) is 0 Å². The van der Waals surface area contributed by atoms with Crippen molar-refractivity contribution in [1.82, 2.24) is 0 Å². The normalized spacial score (nSPS) is 12.0. The van der Waals surface area contributed by atoms with Crippen LogP contribution >= 0.6 is 12.6 Å². The van der Waals surface area contributed by atoms with Crippen molar-refractivity contribution < 1.29 is 5.11 Å². The van der Waals surface area contributed by atoms with Crippen LogP contribution in [0.2, 0.25) is 0 Å². The quantitative estimate of drug-likeness (QED) is 0.175. The van der Waals surface area contributed by atoms with Gasteiger partial charge in [0.1, 0.15) is 5.75 Å². The van der Waals surface area contributed by atoms with Gasteiger partial charge in [0.25, 0.3) is 0 Å². The second-order valence-corrected chi connectivity index (χ2v) is 14.1. The van der Waals surface area contributed by atoms with Crippen molar-refractivity contribution in [3.05, 3.63) is 154 Å². The highest BCUT2D eigenvalue weighted by Crippen LogP contribution is 2.54. The van der Waals surface area contributed by atoms with Gasteiger partial charge in [-0.2, -0.15) is 0 Å². The number of thiol groups is 1. The lowest BCUT2D eigenvalue weighted by molar-refractivity contribution is 0.466. The van der Waals surface area contributed by atoms with Gasteiger partial charge in [-0.25, -0.2) is 0 Å². The molecule has 0 bridgehead atoms. The molecule has 1 nitrogen and oxygen atoms in total. The van der Waals surface area contributed by atoms with E-state index in [1.807, 2.05) is 26.0 Å². The first-order valence-corrected chi connectivity index (χ1v) is 17.7. The van der Waals surface area contributed by atoms with Crippen molar-refractivity contribution in [2.24, 2.45) is 0 Å². The molecule has 50 heavy (non-hydrogen) atoms. The van der Waals surface area contributed by atoms with Gasteiger partial charge in [-0.05, 0) is 146 Å². The van der Waals surface area contributed by atoms with Crippen molar-refractivity contribution in [3.8, 4) is 50.3 Å². The molecule has 244 valence electrons. The number of hydrogen-bond acceptors (Lipinski definition) is 2. The lowest BCUT2D eigenvalue weighted by Gasteiger charge is -2.25. The van der Waals surface area contributed by atoms with Crippen LogP contribution in [0, 0.1) is 34.6 Å². The highest BCUT2D eigenvalue weighted by atomic mass is 32.1. The van der Waals surface area contributed by atoms with E-state index in [1.54, 1.807) is 0 Å². The Labute approximate surface area is 300 Å². The molecular formula is C48H40OS. The number of benzene rings is 7. The summed E-state index contributed by atoms with van der Waals surface area (Å²) < 4.78 is 0. The first-order valence-electron chi connectivity index (χ1n) is 17.3. The molecule has 1 N–H and O–H groups in total. The van der Waals surface area contributed by atoms with Gasteiger partial charge in [0.05, 0.1) is 0 Å². The zero-order valence-corrected chi connectivity index (χ0v) is 30.2. The number of phenols is 1. The summed E-state index contributed by atoms with van der Waals surface area (Å²) in [5.74, 6) is 0.377. The molecule has 7 aromatic rings. The standard InChI is InChI=1S/C48H40OS/c1-8-32-33(9-2)45(43-28(5)26(3)41-25-40-27(4)29(6)47(49)30(7)42(40)46(41)48(43)50)38-22-16-15-21-37(38)44(32)39-24-23-34(31-17-11-10-12-18-31)35-19-13-14-20-36(35)39/h8-24,49-50H,1-2,25H2,3-7H3. The van der Waals surface area contributed by atoms with Gasteiger partial charge in [0.2, 0.25) is 0 Å². The van der Waals surface area contributed by atoms with Gasteiger partial charge in [-0.1, -0.05) is 116 Å². The molecule has 0 aliphatic heterocycles. The summed E-state index contributed by atoms with van der Waals surface area (Å²) in [6, 6.07) is 32.6. The van der Waals surface area contributed by atoms with E-state index in [1.165, 1.54) is 49.7 Å². The molecule has 7 aromatic carbocycles. The van der Waals surface area contributed by atoms with Gasteiger partial charge in [-0.3, -0.25) is 0 Å². The first kappa shape index (κ1) is 31.9. The minimum atomic E-state index is 0.377. The summed E-state index contributed by atoms with van der Waals surface area (Å²) in [5.41, 5.74) is 19.5. The van der Waals surface area contributed by atoms with Gasteiger partial charge in [-0.15, -0.1) is 12.6 Å². The monoisotopic (exact) mass is 664 g/mol. The number of hydrogen-bond donors (Lipinski definition) is 2. The number of fused-ring (bicyclic) bond motifs is 5. The minimum absolute atomic E-state index is 0.377. The van der Waals surface area contributed by atoms with Crippen molar-refractivity contribution in [3.63, 3.8) is 0 Å². The van der Waals surface area contributed by atoms with E-state index >= 15 is 0 Å². The number of aromatic hydroxyl groups is 1. The average Bonchev–Trinajstić information content (AvgIpc) is 3.56. The summed E-state index contributed by atoms with van der Waals surface area (Å²) in [5, 5.41) is 15.9. The fraction of sp³-hybridized carbons (Fsp3) is 0.125. The molecule has 1 aliphatic rings. The molecule has 0 saturated heterocycles. The Balaban J connectivity index is 1.48. The van der Waals surface area contributed by atoms with Crippen LogP contribution in [0.5, 0.6) is 5.75 Å². The minimum Gasteiger partial charge on any atom is -0.507 e. The zero-order chi connectivity index (χ0) is 35.0. The van der Waals surface area contributed by atoms with Gasteiger partial charge < -0.3 is 5.11 Å². The Morgan fingerprint density at radius 1 is 0.500 bits per heavy atom. The summed E-state index contributed by atoms with van der Waals surface area (Å²) >= 11 is 5.42. The molecule has 0 fully saturated rings. The first-order chi connectivity index (χ1) is 24.2. The highest BCUT2D eigenvalue weighted by molar-refractivity contribution is 7.80. The summed E-state index contributed by atoms with van der Waals surface area (Å²) in [4.78, 5) is 0.946. The predicted octanol–water partition coefficient (Wildman–Crippen LogP) is 13.4. The molecular weight excluding hydrogens is 625 g/mol. The van der Waals surface area contributed by atoms with Crippen LogP contribution in [-0.4, -0.2) is 5.11 Å². The van der Waals surface area contributed by atoms with E-state index in [9.17, 15) is 5.11 Å². The van der Waals surface area contributed by atoms with Crippen molar-refractivity contribution in [1.29, 1.82) is 0 Å². The fourth-order valence-corrected chi connectivity index (χ4v) is 9.17. The molecule has 1 aliphatic carbocycles. The maximum Gasteiger partial charge on any atom is 0.122 e. The SMILES string of the molecule is C=Cc1c(C=C)c(-c2ccc(-c3ccccc3)c3ccccc23)c2ccccc2c1-c1c(C)c(C)c2c(c1S)-c1c(C)c(O)c(C)c(C)c1C2. The molecule has 0 amide bonds. The van der Waals surface area contributed by atoms with Gasteiger partial charge >= 0.3 is 0 Å². The maximum atomic E-state index is 11.2. The maximum absolute atomic E-state index is 11.2. The predicted molar refractivity (Wildman–Crippen MR) is 219 cm³/mol. The fourth-order valence-electron chi connectivity index (χ4n) is 8.65. The number of rotatable bonds is 5. The van der Waals surface area contributed by atoms with Crippen LogP contribution in [-0.2, 0) is 6.42 Å². The van der Waals surface area contributed by atoms with Crippen molar-refractivity contribution in [2.75, 3.05) is 0 Å². The third kappa shape index (κ3) is 4.41. The molecule has 0 radical (unpaired) electrons. The smallest absolute Gasteiger partial charge is 0.122 e. The Morgan fingerprint density at radius 2 is 1.00 bits per heavy atom. The third-order valence-electron chi connectivity index (χ3n) is 11.4. The molecule has 0 atom stereocenters. The average molecular weight is 665 g/mol. The van der Waals surface area contributed by atoms with E-state index in [2.05, 4.69) is 125 Å². The molecule has 0 aromatic heterocycles. The second kappa shape index (κ2) is 11.9. The molecule has 0 spiro atoms. The van der Waals surface area contributed by atoms with E-state index < -0.39 is 0 Å². The Morgan fingerprint density at radius 3 is 1.64 bits per heavy atom. The van der Waals surface area contributed by atoms with Gasteiger partial charge in [0.15, 0.2) is 0 Å². The van der Waals surface area contributed by atoms with Crippen LogP contribution in [0.4, 0.5) is 0 Å². The van der Waals surface area contributed by atoms with Crippen LogP contribution in [0.15, 0.2) is 109 Å². The number of phenolic OH excluding ortho intramolecular Hbond substituents is 1. The molecule has 0 unspecified atom stereocenters. The summed E-state index contributed by atoms with van der Waals surface area (Å²) in [7, 11) is 0. The Hall–Kier alpha value is -5.31. The molecule has 2 heteroatoms. The van der Waals surface area contributed by atoms with E-state index in [0.29, 0.717) is 5.75 Å². The third-order valence-corrected chi connectivity index (χ3v) is 11.8. The summed E-state index contributed by atoms with van der Waals surface area (Å²) in [6.45, 7) is 19.5. The molecule has 0 heterocycles. The van der Waals surface area contributed by atoms with Crippen LogP contribution in [0.1, 0.15) is 50.1 Å². The lowest BCUT2D eigenvalue weighted by Crippen LogP contribution is -2.02. The van der Waals surface area contributed by atoms with Crippen LogP contribution in [0.3, 0.4) is 0 Å². The topological polar surface area (TPSA) is 20.2 Å².